The zero-order valence-corrected chi connectivity index (χ0v) is 17.3. The summed E-state index contributed by atoms with van der Waals surface area (Å²) in [4.78, 5) is 38.1. The third-order valence-corrected chi connectivity index (χ3v) is 4.38. The number of carbonyl (C=O) groups is 2. The molecular formula is C21H24F3N3O4. The van der Waals surface area contributed by atoms with Gasteiger partial charge in [-0.1, -0.05) is 25.5 Å². The summed E-state index contributed by atoms with van der Waals surface area (Å²) < 4.78 is 44.4. The number of ether oxygens (including phenoxy) is 1. The fourth-order valence-corrected chi connectivity index (χ4v) is 2.77. The number of carbonyl (C=O) groups excluding carboxylic acids is 2. The van der Waals surface area contributed by atoms with E-state index in [-0.39, 0.29) is 24.4 Å². The lowest BCUT2D eigenvalue weighted by Crippen LogP contribution is -2.37. The van der Waals surface area contributed by atoms with E-state index >= 15 is 0 Å². The number of hydrogen-bond acceptors (Lipinski definition) is 5. The van der Waals surface area contributed by atoms with E-state index in [4.69, 9.17) is 4.74 Å². The van der Waals surface area contributed by atoms with Gasteiger partial charge in [0.1, 0.15) is 12.2 Å². The van der Waals surface area contributed by atoms with Crippen LogP contribution in [0, 0.1) is 0 Å². The molecule has 0 aliphatic heterocycles. The second-order valence-corrected chi connectivity index (χ2v) is 6.79. The molecule has 2 aromatic rings. The van der Waals surface area contributed by atoms with Crippen LogP contribution in [0.2, 0.25) is 0 Å². The Hall–Kier alpha value is -3.17. The first-order chi connectivity index (χ1) is 14.7. The van der Waals surface area contributed by atoms with Crippen molar-refractivity contribution in [3.8, 4) is 0 Å². The summed E-state index contributed by atoms with van der Waals surface area (Å²) in [6.07, 6.45) is -2.95. The molecule has 7 nitrogen and oxygen atoms in total. The Morgan fingerprint density at radius 1 is 1.10 bits per heavy atom. The molecule has 2 rings (SSSR count). The smallest absolute Gasteiger partial charge is 0.416 e. The van der Waals surface area contributed by atoms with Crippen molar-refractivity contribution in [1.82, 2.24) is 14.7 Å². The average Bonchev–Trinajstić information content (AvgIpc) is 2.72. The molecule has 0 spiro atoms. The van der Waals surface area contributed by atoms with Gasteiger partial charge in [-0.3, -0.25) is 14.4 Å². The maximum Gasteiger partial charge on any atom is 0.416 e. The highest BCUT2D eigenvalue weighted by Crippen LogP contribution is 2.29. The van der Waals surface area contributed by atoms with E-state index in [1.54, 1.807) is 6.92 Å². The number of amides is 1. The van der Waals surface area contributed by atoms with Gasteiger partial charge in [-0.25, -0.2) is 4.68 Å². The van der Waals surface area contributed by atoms with E-state index < -0.39 is 30.2 Å². The van der Waals surface area contributed by atoms with Crippen molar-refractivity contribution in [2.24, 2.45) is 0 Å². The standard InChI is InChI=1S/C21H24F3N3O4/c1-3-5-12-27-18(28)11-10-17(25-27)20(30)26(14-19(29)31-4-2)13-15-6-8-16(9-7-15)21(22,23)24/h6-11H,3-5,12-14H2,1-2H3. The molecular weight excluding hydrogens is 415 g/mol. The number of alkyl halides is 3. The van der Waals surface area contributed by atoms with Crippen molar-refractivity contribution in [2.75, 3.05) is 13.2 Å². The van der Waals surface area contributed by atoms with E-state index in [9.17, 15) is 27.6 Å². The highest BCUT2D eigenvalue weighted by atomic mass is 19.4. The summed E-state index contributed by atoms with van der Waals surface area (Å²) >= 11 is 0. The van der Waals surface area contributed by atoms with E-state index in [0.29, 0.717) is 18.5 Å². The summed E-state index contributed by atoms with van der Waals surface area (Å²) in [6.45, 7) is 3.47. The highest BCUT2D eigenvalue weighted by molar-refractivity contribution is 5.94. The molecule has 1 aromatic heterocycles. The topological polar surface area (TPSA) is 81.5 Å². The average molecular weight is 439 g/mol. The SMILES string of the molecule is CCCCn1nc(C(=O)N(CC(=O)OCC)Cc2ccc(C(F)(F)F)cc2)ccc1=O. The van der Waals surface area contributed by atoms with Gasteiger partial charge in [0.05, 0.1) is 12.2 Å². The van der Waals surface area contributed by atoms with Crippen molar-refractivity contribution >= 4 is 11.9 Å². The van der Waals surface area contributed by atoms with Gasteiger partial charge in [0.25, 0.3) is 11.5 Å². The molecule has 0 fully saturated rings. The Bertz CT molecular complexity index is 956. The van der Waals surface area contributed by atoms with Crippen LogP contribution in [0.4, 0.5) is 13.2 Å². The Morgan fingerprint density at radius 3 is 2.35 bits per heavy atom. The van der Waals surface area contributed by atoms with Crippen LogP contribution >= 0.6 is 0 Å². The minimum Gasteiger partial charge on any atom is -0.465 e. The fourth-order valence-electron chi connectivity index (χ4n) is 2.77. The lowest BCUT2D eigenvalue weighted by Gasteiger charge is -2.22. The highest BCUT2D eigenvalue weighted by Gasteiger charge is 2.30. The van der Waals surface area contributed by atoms with Gasteiger partial charge in [0.2, 0.25) is 0 Å². The van der Waals surface area contributed by atoms with Crippen molar-refractivity contribution in [3.05, 3.63) is 63.6 Å². The Balaban J connectivity index is 2.29. The third-order valence-electron chi connectivity index (χ3n) is 4.38. The van der Waals surface area contributed by atoms with Crippen molar-refractivity contribution in [1.29, 1.82) is 0 Å². The largest absolute Gasteiger partial charge is 0.465 e. The van der Waals surface area contributed by atoms with Crippen LogP contribution in [0.15, 0.2) is 41.2 Å². The molecule has 0 unspecified atom stereocenters. The van der Waals surface area contributed by atoms with Crippen LogP contribution < -0.4 is 5.56 Å². The molecule has 0 bridgehead atoms. The number of rotatable bonds is 9. The van der Waals surface area contributed by atoms with Crippen LogP contribution in [0.1, 0.15) is 48.3 Å². The molecule has 0 N–H and O–H groups in total. The number of benzene rings is 1. The first kappa shape index (κ1) is 24.1. The molecule has 0 aliphatic rings. The minimum absolute atomic E-state index is 0.0492. The summed E-state index contributed by atoms with van der Waals surface area (Å²) in [5.74, 6) is -1.31. The molecule has 1 aromatic carbocycles. The number of aryl methyl sites for hydroxylation is 1. The van der Waals surface area contributed by atoms with Crippen LogP contribution in [-0.2, 0) is 28.8 Å². The Labute approximate surface area is 177 Å². The van der Waals surface area contributed by atoms with Crippen molar-refractivity contribution in [3.63, 3.8) is 0 Å². The quantitative estimate of drug-likeness (QED) is 0.560. The Morgan fingerprint density at radius 2 is 1.77 bits per heavy atom. The lowest BCUT2D eigenvalue weighted by molar-refractivity contribution is -0.144. The number of nitrogens with zero attached hydrogens (tertiary/aromatic N) is 3. The fraction of sp³-hybridized carbons (Fsp3) is 0.429. The number of esters is 1. The zero-order valence-electron chi connectivity index (χ0n) is 17.3. The number of aromatic nitrogens is 2. The van der Waals surface area contributed by atoms with E-state index in [0.717, 1.165) is 23.5 Å². The predicted molar refractivity (Wildman–Crippen MR) is 106 cm³/mol. The molecule has 0 atom stereocenters. The molecule has 0 radical (unpaired) electrons. The van der Waals surface area contributed by atoms with Crippen molar-refractivity contribution < 1.29 is 27.5 Å². The van der Waals surface area contributed by atoms with Gasteiger partial charge in [-0.05, 0) is 37.1 Å². The van der Waals surface area contributed by atoms with Gasteiger partial charge in [0.15, 0.2) is 0 Å². The number of halogens is 3. The minimum atomic E-state index is -4.48. The summed E-state index contributed by atoms with van der Waals surface area (Å²) in [6, 6.07) is 6.78. The monoisotopic (exact) mass is 439 g/mol. The maximum atomic E-state index is 13.0. The molecule has 31 heavy (non-hydrogen) atoms. The maximum absolute atomic E-state index is 13.0. The van der Waals surface area contributed by atoms with Gasteiger partial charge in [-0.2, -0.15) is 18.3 Å². The first-order valence-electron chi connectivity index (χ1n) is 9.84. The number of hydrogen-bond donors (Lipinski definition) is 0. The third kappa shape index (κ3) is 6.94. The van der Waals surface area contributed by atoms with Gasteiger partial charge < -0.3 is 9.64 Å². The molecule has 1 amide bonds. The van der Waals surface area contributed by atoms with Crippen LogP contribution in [0.5, 0.6) is 0 Å². The molecule has 0 aliphatic carbocycles. The molecule has 10 heteroatoms. The molecule has 1 heterocycles. The van der Waals surface area contributed by atoms with Gasteiger partial charge >= 0.3 is 12.1 Å². The summed E-state index contributed by atoms with van der Waals surface area (Å²) in [7, 11) is 0. The molecule has 0 saturated carbocycles. The van der Waals surface area contributed by atoms with Crippen LogP contribution in [-0.4, -0.2) is 39.7 Å². The number of unbranched alkanes of at least 4 members (excludes halogenated alkanes) is 1. The normalized spacial score (nSPS) is 11.3. The van der Waals surface area contributed by atoms with E-state index in [2.05, 4.69) is 5.10 Å². The van der Waals surface area contributed by atoms with E-state index in [1.165, 1.54) is 28.9 Å². The molecule has 0 saturated heterocycles. The van der Waals surface area contributed by atoms with Gasteiger partial charge in [0, 0.05) is 19.2 Å². The lowest BCUT2D eigenvalue weighted by atomic mass is 10.1. The Kier molecular flexibility index (Phi) is 8.35. The predicted octanol–water partition coefficient (Wildman–Crippen LogP) is 3.27. The second kappa shape index (κ2) is 10.7. The summed E-state index contributed by atoms with van der Waals surface area (Å²) in [5.41, 5.74) is -0.828. The van der Waals surface area contributed by atoms with E-state index in [1.807, 2.05) is 6.92 Å². The summed E-state index contributed by atoms with van der Waals surface area (Å²) in [5, 5.41) is 4.08. The molecule has 168 valence electrons. The van der Waals surface area contributed by atoms with Gasteiger partial charge in [-0.15, -0.1) is 0 Å². The second-order valence-electron chi connectivity index (χ2n) is 6.79. The first-order valence-corrected chi connectivity index (χ1v) is 9.84. The zero-order chi connectivity index (χ0) is 23.0. The van der Waals surface area contributed by atoms with Crippen molar-refractivity contribution in [2.45, 2.75) is 46.0 Å². The van der Waals surface area contributed by atoms with Crippen LogP contribution in [0.3, 0.4) is 0 Å². The van der Waals surface area contributed by atoms with Crippen LogP contribution in [0.25, 0.3) is 0 Å².